The van der Waals surface area contributed by atoms with Gasteiger partial charge in [-0.1, -0.05) is 71.3 Å². The molecule has 2 N–H and O–H groups in total. The maximum atomic E-state index is 12.2. The van der Waals surface area contributed by atoms with Crippen LogP contribution in [0.2, 0.25) is 0 Å². The van der Waals surface area contributed by atoms with E-state index in [1.54, 1.807) is 0 Å². The molecule has 0 aliphatic heterocycles. The number of fused-ring (bicyclic) bond motifs is 5. The van der Waals surface area contributed by atoms with Gasteiger partial charge in [0.25, 0.3) is 0 Å². The number of phenolic OH excluding ortho intramolecular Hbond substituents is 1. The van der Waals surface area contributed by atoms with Crippen molar-refractivity contribution in [2.45, 2.75) is 135 Å². The van der Waals surface area contributed by atoms with Gasteiger partial charge in [0.05, 0.1) is 6.10 Å². The molecule has 0 unspecified atom stereocenters. The lowest BCUT2D eigenvalue weighted by atomic mass is 9.52. The van der Waals surface area contributed by atoms with Gasteiger partial charge >= 0.3 is 0 Å². The first-order chi connectivity index (χ1) is 18.3. The Labute approximate surface area is 232 Å². The van der Waals surface area contributed by atoms with Crippen molar-refractivity contribution >= 4 is 5.91 Å². The number of benzene rings is 1. The zero-order chi connectivity index (χ0) is 27.1. The molecule has 4 rings (SSSR count). The highest BCUT2D eigenvalue weighted by molar-refractivity contribution is 5.75. The Hall–Kier alpha value is -1.55. The van der Waals surface area contributed by atoms with E-state index in [1.165, 1.54) is 75.3 Å². The molecule has 1 amide bonds. The molecule has 0 aromatic heterocycles. The molecule has 3 aliphatic carbocycles. The van der Waals surface area contributed by atoms with E-state index in [0.29, 0.717) is 41.7 Å². The molecular weight excluding hydrogens is 470 g/mol. The molecule has 4 heteroatoms. The highest BCUT2D eigenvalue weighted by atomic mass is 16.3. The van der Waals surface area contributed by atoms with E-state index in [1.807, 2.05) is 24.1 Å². The molecule has 0 bridgehead atoms. The number of hydrogen-bond donors (Lipinski definition) is 2. The van der Waals surface area contributed by atoms with Crippen molar-refractivity contribution in [1.29, 1.82) is 0 Å². The highest BCUT2D eigenvalue weighted by Gasteiger charge is 2.56. The van der Waals surface area contributed by atoms with E-state index >= 15 is 0 Å². The van der Waals surface area contributed by atoms with Crippen molar-refractivity contribution < 1.29 is 15.0 Å². The summed E-state index contributed by atoms with van der Waals surface area (Å²) in [4.78, 5) is 14.1. The predicted octanol–water partition coefficient (Wildman–Crippen LogP) is 7.99. The first kappa shape index (κ1) is 29.4. The summed E-state index contributed by atoms with van der Waals surface area (Å²) in [6.45, 7) is 5.44. The van der Waals surface area contributed by atoms with Crippen LogP contribution in [0.25, 0.3) is 0 Å². The van der Waals surface area contributed by atoms with Gasteiger partial charge in [-0.05, 0) is 104 Å². The van der Waals surface area contributed by atoms with Crippen molar-refractivity contribution in [3.8, 4) is 5.75 Å². The number of rotatable bonds is 14. The molecule has 2 saturated carbocycles. The van der Waals surface area contributed by atoms with E-state index in [4.69, 9.17) is 0 Å². The quantitative estimate of drug-likeness (QED) is 0.242. The van der Waals surface area contributed by atoms with Crippen LogP contribution in [0, 0.1) is 23.2 Å². The Bertz CT molecular complexity index is 900. The second-order valence-corrected chi connectivity index (χ2v) is 13.3. The summed E-state index contributed by atoms with van der Waals surface area (Å²) >= 11 is 0. The van der Waals surface area contributed by atoms with Crippen LogP contribution in [0.4, 0.5) is 0 Å². The van der Waals surface area contributed by atoms with E-state index in [9.17, 15) is 15.0 Å². The zero-order valence-corrected chi connectivity index (χ0v) is 24.6. The minimum atomic E-state index is -0.129. The number of aromatic hydroxyl groups is 1. The van der Waals surface area contributed by atoms with Crippen molar-refractivity contribution in [3.63, 3.8) is 0 Å². The molecule has 2 fully saturated rings. The summed E-state index contributed by atoms with van der Waals surface area (Å²) in [5.41, 5.74) is 2.97. The minimum absolute atomic E-state index is 0.101. The third kappa shape index (κ3) is 6.77. The van der Waals surface area contributed by atoms with Crippen LogP contribution < -0.4 is 0 Å². The molecule has 0 radical (unpaired) electrons. The maximum absolute atomic E-state index is 12.2. The lowest BCUT2D eigenvalue weighted by Gasteiger charge is -2.53. The summed E-state index contributed by atoms with van der Waals surface area (Å²) in [5.74, 6) is 3.33. The summed E-state index contributed by atoms with van der Waals surface area (Å²) in [6.07, 6.45) is 19.7. The van der Waals surface area contributed by atoms with Crippen LogP contribution in [-0.2, 0) is 11.2 Å². The van der Waals surface area contributed by atoms with Crippen LogP contribution >= 0.6 is 0 Å². The average Bonchev–Trinajstić information content (AvgIpc) is 3.21. The molecular formula is C34H55NO3. The summed E-state index contributed by atoms with van der Waals surface area (Å²) < 4.78 is 0. The number of unbranched alkanes of at least 4 members (excludes halogenated alkanes) is 8. The van der Waals surface area contributed by atoms with E-state index in [-0.39, 0.29) is 11.5 Å². The fourth-order valence-corrected chi connectivity index (χ4v) is 8.49. The Morgan fingerprint density at radius 1 is 1.00 bits per heavy atom. The van der Waals surface area contributed by atoms with Gasteiger partial charge in [-0.25, -0.2) is 0 Å². The minimum Gasteiger partial charge on any atom is -0.508 e. The number of hydrogen-bond acceptors (Lipinski definition) is 3. The van der Waals surface area contributed by atoms with Crippen molar-refractivity contribution in [2.24, 2.45) is 23.2 Å². The number of phenols is 1. The van der Waals surface area contributed by atoms with Gasteiger partial charge < -0.3 is 15.1 Å². The lowest BCUT2D eigenvalue weighted by molar-refractivity contribution is -0.130. The molecule has 6 atom stereocenters. The fraction of sp³-hybridized carbons (Fsp3) is 0.794. The number of nitrogens with zero attached hydrogens (tertiary/aromatic N) is 1. The Balaban J connectivity index is 1.19. The normalized spacial score (nSPS) is 29.9. The average molecular weight is 526 g/mol. The number of carbonyl (C=O) groups excluding carboxylic acids is 1. The lowest BCUT2D eigenvalue weighted by Crippen LogP contribution is -2.47. The Kier molecular flexibility index (Phi) is 10.6. The Morgan fingerprint density at radius 3 is 2.45 bits per heavy atom. The molecule has 4 nitrogen and oxygen atoms in total. The summed E-state index contributed by atoms with van der Waals surface area (Å²) in [5, 5.41) is 21.1. The van der Waals surface area contributed by atoms with Crippen molar-refractivity contribution in [2.75, 3.05) is 13.6 Å². The number of carbonyl (C=O) groups is 1. The maximum Gasteiger partial charge on any atom is 0.222 e. The van der Waals surface area contributed by atoms with Crippen LogP contribution in [-0.4, -0.2) is 40.7 Å². The third-order valence-corrected chi connectivity index (χ3v) is 10.8. The second kappa shape index (κ2) is 13.7. The molecule has 3 aliphatic rings. The van der Waals surface area contributed by atoms with Gasteiger partial charge in [0.1, 0.15) is 5.75 Å². The predicted molar refractivity (Wildman–Crippen MR) is 156 cm³/mol. The van der Waals surface area contributed by atoms with Gasteiger partial charge in [-0.2, -0.15) is 0 Å². The van der Waals surface area contributed by atoms with Crippen molar-refractivity contribution in [3.05, 3.63) is 29.3 Å². The van der Waals surface area contributed by atoms with Crippen LogP contribution in [0.15, 0.2) is 18.2 Å². The van der Waals surface area contributed by atoms with Gasteiger partial charge in [0, 0.05) is 20.0 Å². The second-order valence-electron chi connectivity index (χ2n) is 13.3. The molecule has 1 aromatic rings. The van der Waals surface area contributed by atoms with Crippen LogP contribution in [0.3, 0.4) is 0 Å². The first-order valence-corrected chi connectivity index (χ1v) is 16.1. The zero-order valence-electron chi connectivity index (χ0n) is 24.6. The van der Waals surface area contributed by atoms with Crippen molar-refractivity contribution in [1.82, 2.24) is 4.90 Å². The van der Waals surface area contributed by atoms with Gasteiger partial charge in [-0.3, -0.25) is 4.79 Å². The highest BCUT2D eigenvalue weighted by Crippen LogP contribution is 2.62. The van der Waals surface area contributed by atoms with E-state index in [0.717, 1.165) is 45.1 Å². The molecule has 0 saturated heterocycles. The van der Waals surface area contributed by atoms with E-state index in [2.05, 4.69) is 19.9 Å². The first-order valence-electron chi connectivity index (χ1n) is 16.1. The molecule has 0 heterocycles. The molecule has 38 heavy (non-hydrogen) atoms. The topological polar surface area (TPSA) is 60.8 Å². The largest absolute Gasteiger partial charge is 0.508 e. The Morgan fingerprint density at radius 2 is 1.71 bits per heavy atom. The SMILES string of the molecule is CCCCN(C)C(=O)CCCCCCCCCC[C@@H]1Cc2cc(O)ccc2[C@H]2CC[C@]3(C)[C@H](O)CC[C@H]3[C@H]12. The van der Waals surface area contributed by atoms with Crippen LogP contribution in [0.5, 0.6) is 5.75 Å². The third-order valence-electron chi connectivity index (χ3n) is 10.8. The molecule has 214 valence electrons. The number of amides is 1. The fourth-order valence-electron chi connectivity index (χ4n) is 8.49. The standard InChI is InChI=1S/C34H55NO3/c1-4-5-22-35(3)32(38)15-13-11-9-7-6-8-10-12-14-25-23-26-24-27(36)16-17-28(26)29-20-21-34(2)30(33(25)29)18-19-31(34)37/h16-17,24-25,29-31,33,36-37H,4-15,18-23H2,1-3H3/t25-,29-,30+,31-,33-,34+/m1/s1. The van der Waals surface area contributed by atoms with Gasteiger partial charge in [0.2, 0.25) is 5.91 Å². The number of aliphatic hydroxyl groups is 1. The summed E-state index contributed by atoms with van der Waals surface area (Å²) in [6, 6.07) is 6.12. The summed E-state index contributed by atoms with van der Waals surface area (Å²) in [7, 11) is 1.94. The van der Waals surface area contributed by atoms with Gasteiger partial charge in [0.15, 0.2) is 0 Å². The number of aliphatic hydroxyl groups excluding tert-OH is 1. The monoisotopic (exact) mass is 525 g/mol. The van der Waals surface area contributed by atoms with Crippen LogP contribution in [0.1, 0.15) is 134 Å². The molecule has 0 spiro atoms. The molecule has 1 aromatic carbocycles. The van der Waals surface area contributed by atoms with Gasteiger partial charge in [-0.15, -0.1) is 0 Å². The van der Waals surface area contributed by atoms with E-state index < -0.39 is 0 Å². The smallest absolute Gasteiger partial charge is 0.222 e.